The zero-order chi connectivity index (χ0) is 12.5. The lowest BCUT2D eigenvalue weighted by Crippen LogP contribution is -2.26. The molecule has 3 nitrogen and oxygen atoms in total. The fraction of sp³-hybridized carbons (Fsp3) is 0.333. The van der Waals surface area contributed by atoms with Crippen LogP contribution in [0.5, 0.6) is 5.75 Å². The Bertz CT molecular complexity index is 567. The predicted octanol–water partition coefficient (Wildman–Crippen LogP) is 2.08. The van der Waals surface area contributed by atoms with E-state index in [1.54, 1.807) is 6.07 Å². The number of phenolic OH excluding ortho intramolecular Hbond substituents is 1. The molecule has 1 aliphatic heterocycles. The van der Waals surface area contributed by atoms with Gasteiger partial charge < -0.3 is 10.8 Å². The highest BCUT2D eigenvalue weighted by Gasteiger charge is 2.20. The summed E-state index contributed by atoms with van der Waals surface area (Å²) in [5.41, 5.74) is 6.94. The van der Waals surface area contributed by atoms with Crippen LogP contribution in [0.15, 0.2) is 36.4 Å². The van der Waals surface area contributed by atoms with Crippen molar-refractivity contribution in [3.05, 3.63) is 42.0 Å². The molecule has 1 fully saturated rings. The average molecular weight is 242 g/mol. The van der Waals surface area contributed by atoms with Crippen LogP contribution in [0.3, 0.4) is 0 Å². The number of nitrogens with zero attached hydrogens (tertiary/aromatic N) is 1. The average Bonchev–Trinajstić information content (AvgIpc) is 2.79. The molecular formula is C15H18N2O. The van der Waals surface area contributed by atoms with E-state index < -0.39 is 0 Å². The zero-order valence-electron chi connectivity index (χ0n) is 10.3. The van der Waals surface area contributed by atoms with Gasteiger partial charge in [0.25, 0.3) is 0 Å². The Hall–Kier alpha value is -1.58. The Morgan fingerprint density at radius 1 is 1.22 bits per heavy atom. The maximum absolute atomic E-state index is 10.1. The van der Waals surface area contributed by atoms with E-state index in [2.05, 4.69) is 17.0 Å². The second-order valence-electron chi connectivity index (χ2n) is 5.07. The molecule has 0 aliphatic carbocycles. The fourth-order valence-electron chi connectivity index (χ4n) is 2.72. The van der Waals surface area contributed by atoms with Gasteiger partial charge in [0.05, 0.1) is 0 Å². The monoisotopic (exact) mass is 242 g/mol. The second-order valence-corrected chi connectivity index (χ2v) is 5.07. The van der Waals surface area contributed by atoms with Crippen molar-refractivity contribution < 1.29 is 5.11 Å². The van der Waals surface area contributed by atoms with Crippen molar-refractivity contribution in [1.29, 1.82) is 0 Å². The van der Waals surface area contributed by atoms with Gasteiger partial charge in [-0.25, -0.2) is 0 Å². The molecule has 94 valence electrons. The Morgan fingerprint density at radius 3 is 2.83 bits per heavy atom. The molecule has 0 aromatic heterocycles. The number of fused-ring (bicyclic) bond motifs is 1. The molecule has 3 N–H and O–H groups in total. The SMILES string of the molecule is NC1CCN(Cc2c(O)ccc3ccccc23)C1. The van der Waals surface area contributed by atoms with Crippen LogP contribution in [-0.4, -0.2) is 29.1 Å². The maximum atomic E-state index is 10.1. The van der Waals surface area contributed by atoms with Crippen molar-refractivity contribution in [3.63, 3.8) is 0 Å². The van der Waals surface area contributed by atoms with Gasteiger partial charge in [0.15, 0.2) is 0 Å². The third-order valence-corrected chi connectivity index (χ3v) is 3.71. The number of likely N-dealkylation sites (tertiary alicyclic amines) is 1. The van der Waals surface area contributed by atoms with Gasteiger partial charge in [0.2, 0.25) is 0 Å². The number of hydrogen-bond donors (Lipinski definition) is 2. The van der Waals surface area contributed by atoms with Crippen LogP contribution in [-0.2, 0) is 6.54 Å². The van der Waals surface area contributed by atoms with Gasteiger partial charge in [0.1, 0.15) is 5.75 Å². The number of hydrogen-bond acceptors (Lipinski definition) is 3. The summed E-state index contributed by atoms with van der Waals surface area (Å²) in [5.74, 6) is 0.383. The minimum atomic E-state index is 0.280. The van der Waals surface area contributed by atoms with E-state index in [1.807, 2.05) is 18.2 Å². The summed E-state index contributed by atoms with van der Waals surface area (Å²) in [7, 11) is 0. The fourth-order valence-corrected chi connectivity index (χ4v) is 2.72. The highest BCUT2D eigenvalue weighted by molar-refractivity contribution is 5.87. The Morgan fingerprint density at radius 2 is 2.06 bits per heavy atom. The zero-order valence-corrected chi connectivity index (χ0v) is 10.3. The molecule has 1 heterocycles. The molecule has 1 atom stereocenters. The van der Waals surface area contributed by atoms with Crippen molar-refractivity contribution in [2.24, 2.45) is 5.73 Å². The first-order chi connectivity index (χ1) is 8.74. The summed E-state index contributed by atoms with van der Waals surface area (Å²) in [5, 5.41) is 12.4. The Labute approximate surface area is 107 Å². The van der Waals surface area contributed by atoms with Crippen LogP contribution in [0, 0.1) is 0 Å². The van der Waals surface area contributed by atoms with E-state index in [0.29, 0.717) is 5.75 Å². The minimum Gasteiger partial charge on any atom is -0.508 e. The molecule has 1 aliphatic rings. The lowest BCUT2D eigenvalue weighted by atomic mass is 10.0. The molecule has 2 aromatic carbocycles. The smallest absolute Gasteiger partial charge is 0.120 e. The van der Waals surface area contributed by atoms with Crippen molar-refractivity contribution in [3.8, 4) is 5.75 Å². The van der Waals surface area contributed by atoms with E-state index in [-0.39, 0.29) is 6.04 Å². The van der Waals surface area contributed by atoms with Gasteiger partial charge >= 0.3 is 0 Å². The molecule has 0 spiro atoms. The summed E-state index contributed by atoms with van der Waals surface area (Å²) in [6, 6.07) is 12.2. The molecule has 3 heteroatoms. The first kappa shape index (κ1) is 11.5. The molecule has 0 bridgehead atoms. The van der Waals surface area contributed by atoms with E-state index in [9.17, 15) is 5.11 Å². The summed E-state index contributed by atoms with van der Waals surface area (Å²) in [6.07, 6.45) is 1.05. The molecule has 3 rings (SSSR count). The number of nitrogens with two attached hydrogens (primary N) is 1. The van der Waals surface area contributed by atoms with Crippen LogP contribution in [0.25, 0.3) is 10.8 Å². The van der Waals surface area contributed by atoms with Crippen LogP contribution in [0.4, 0.5) is 0 Å². The molecule has 0 saturated carbocycles. The van der Waals surface area contributed by atoms with Gasteiger partial charge in [-0.05, 0) is 23.3 Å². The Kier molecular flexibility index (Phi) is 2.94. The molecule has 18 heavy (non-hydrogen) atoms. The molecular weight excluding hydrogens is 224 g/mol. The topological polar surface area (TPSA) is 49.5 Å². The van der Waals surface area contributed by atoms with Crippen molar-refractivity contribution >= 4 is 10.8 Å². The summed E-state index contributed by atoms with van der Waals surface area (Å²) in [6.45, 7) is 2.72. The van der Waals surface area contributed by atoms with Crippen LogP contribution >= 0.6 is 0 Å². The second kappa shape index (κ2) is 4.59. The van der Waals surface area contributed by atoms with E-state index in [1.165, 1.54) is 5.39 Å². The standard InChI is InChI=1S/C15H18N2O/c16-12-7-8-17(9-12)10-14-13-4-2-1-3-11(13)5-6-15(14)18/h1-6,12,18H,7-10,16H2. The molecule has 1 saturated heterocycles. The van der Waals surface area contributed by atoms with E-state index in [4.69, 9.17) is 5.73 Å². The van der Waals surface area contributed by atoms with E-state index >= 15 is 0 Å². The molecule has 0 radical (unpaired) electrons. The van der Waals surface area contributed by atoms with Crippen LogP contribution in [0.1, 0.15) is 12.0 Å². The highest BCUT2D eigenvalue weighted by atomic mass is 16.3. The van der Waals surface area contributed by atoms with Crippen LogP contribution < -0.4 is 5.73 Å². The lowest BCUT2D eigenvalue weighted by Gasteiger charge is -2.17. The number of aromatic hydroxyl groups is 1. The third kappa shape index (κ3) is 2.07. The summed E-state index contributed by atoms with van der Waals surface area (Å²) < 4.78 is 0. The minimum absolute atomic E-state index is 0.280. The quantitative estimate of drug-likeness (QED) is 0.847. The maximum Gasteiger partial charge on any atom is 0.120 e. The number of rotatable bonds is 2. The highest BCUT2D eigenvalue weighted by Crippen LogP contribution is 2.29. The van der Waals surface area contributed by atoms with Gasteiger partial charge in [-0.15, -0.1) is 0 Å². The molecule has 1 unspecified atom stereocenters. The van der Waals surface area contributed by atoms with Gasteiger partial charge in [0, 0.05) is 31.2 Å². The predicted molar refractivity (Wildman–Crippen MR) is 73.5 cm³/mol. The first-order valence-electron chi connectivity index (χ1n) is 6.41. The van der Waals surface area contributed by atoms with E-state index in [0.717, 1.165) is 37.0 Å². The Balaban J connectivity index is 1.97. The molecule has 2 aromatic rings. The number of benzene rings is 2. The van der Waals surface area contributed by atoms with Crippen molar-refractivity contribution in [1.82, 2.24) is 4.90 Å². The summed E-state index contributed by atoms with van der Waals surface area (Å²) in [4.78, 5) is 2.31. The van der Waals surface area contributed by atoms with Crippen molar-refractivity contribution in [2.75, 3.05) is 13.1 Å². The van der Waals surface area contributed by atoms with Gasteiger partial charge in [-0.2, -0.15) is 0 Å². The van der Waals surface area contributed by atoms with Crippen molar-refractivity contribution in [2.45, 2.75) is 19.0 Å². The van der Waals surface area contributed by atoms with Gasteiger partial charge in [-0.1, -0.05) is 30.3 Å². The number of phenols is 1. The summed E-state index contributed by atoms with van der Waals surface area (Å²) >= 11 is 0. The normalized spacial score (nSPS) is 20.6. The molecule has 0 amide bonds. The van der Waals surface area contributed by atoms with Gasteiger partial charge in [-0.3, -0.25) is 4.90 Å². The van der Waals surface area contributed by atoms with Crippen LogP contribution in [0.2, 0.25) is 0 Å². The first-order valence-corrected chi connectivity index (χ1v) is 6.41. The third-order valence-electron chi connectivity index (χ3n) is 3.71. The lowest BCUT2D eigenvalue weighted by molar-refractivity contribution is 0.321. The largest absolute Gasteiger partial charge is 0.508 e.